The Morgan fingerprint density at radius 3 is 2.41 bits per heavy atom. The summed E-state index contributed by atoms with van der Waals surface area (Å²) in [4.78, 5) is 44.2. The van der Waals surface area contributed by atoms with Gasteiger partial charge in [0.1, 0.15) is 0 Å². The minimum absolute atomic E-state index is 0.0386. The predicted octanol–water partition coefficient (Wildman–Crippen LogP) is 0.192. The fourth-order valence-electron chi connectivity index (χ4n) is 1.62. The first kappa shape index (κ1) is 11.0. The van der Waals surface area contributed by atoms with Crippen molar-refractivity contribution in [3.8, 4) is 0 Å². The van der Waals surface area contributed by atoms with Crippen molar-refractivity contribution in [1.29, 1.82) is 0 Å². The second kappa shape index (κ2) is 3.82. The molecule has 1 N–H and O–H groups in total. The van der Waals surface area contributed by atoms with Crippen LogP contribution >= 0.6 is 0 Å². The van der Waals surface area contributed by atoms with Gasteiger partial charge in [-0.2, -0.15) is 0 Å². The van der Waals surface area contributed by atoms with E-state index in [0.717, 1.165) is 0 Å². The van der Waals surface area contributed by atoms with Crippen LogP contribution in [0.4, 0.5) is 0 Å². The average molecular weight is 233 g/mol. The summed E-state index contributed by atoms with van der Waals surface area (Å²) >= 11 is 0. The summed E-state index contributed by atoms with van der Waals surface area (Å²) in [6.07, 6.45) is 0.248. The van der Waals surface area contributed by atoms with Crippen LogP contribution in [0.1, 0.15) is 36.6 Å². The summed E-state index contributed by atoms with van der Waals surface area (Å²) in [7, 11) is 0. The molecule has 0 atom stereocenters. The van der Waals surface area contributed by atoms with Crippen LogP contribution < -0.4 is 5.32 Å². The van der Waals surface area contributed by atoms with Crippen molar-refractivity contribution in [2.75, 3.05) is 0 Å². The summed E-state index contributed by atoms with van der Waals surface area (Å²) in [5.74, 6) is -2.15. The van der Waals surface area contributed by atoms with Crippen molar-refractivity contribution >= 4 is 24.3 Å². The number of cyclic esters (lactones) is 2. The number of amides is 2. The van der Waals surface area contributed by atoms with Crippen LogP contribution in [-0.4, -0.2) is 24.3 Å². The van der Waals surface area contributed by atoms with Crippen molar-refractivity contribution < 1.29 is 23.9 Å². The highest BCUT2D eigenvalue weighted by Crippen LogP contribution is 2.23. The summed E-state index contributed by atoms with van der Waals surface area (Å²) in [6, 6.07) is 2.64. The van der Waals surface area contributed by atoms with E-state index in [-0.39, 0.29) is 23.1 Å². The molecule has 2 rings (SSSR count). The molecular weight excluding hydrogens is 226 g/mol. The highest BCUT2D eigenvalue weighted by Gasteiger charge is 2.31. The first-order valence-electron chi connectivity index (χ1n) is 4.70. The molecular formula is C11H7NO5. The lowest BCUT2D eigenvalue weighted by Gasteiger charge is -2.04. The van der Waals surface area contributed by atoms with Gasteiger partial charge in [-0.3, -0.25) is 14.9 Å². The molecule has 0 bridgehead atoms. The Morgan fingerprint density at radius 1 is 1.24 bits per heavy atom. The van der Waals surface area contributed by atoms with E-state index in [9.17, 15) is 19.2 Å². The summed E-state index contributed by atoms with van der Waals surface area (Å²) < 4.78 is 4.40. The summed E-state index contributed by atoms with van der Waals surface area (Å²) in [6.45, 7) is 1.59. The number of hydrogen-bond donors (Lipinski definition) is 1. The highest BCUT2D eigenvalue weighted by atomic mass is 16.6. The van der Waals surface area contributed by atoms with Gasteiger partial charge in [0.05, 0.1) is 11.1 Å². The van der Waals surface area contributed by atoms with Crippen LogP contribution in [0.2, 0.25) is 0 Å². The lowest BCUT2D eigenvalue weighted by Crippen LogP contribution is -2.22. The maximum Gasteiger partial charge on any atom is 0.346 e. The summed E-state index contributed by atoms with van der Waals surface area (Å²) in [5, 5.41) is 1.96. The molecule has 1 aliphatic heterocycles. The van der Waals surface area contributed by atoms with Gasteiger partial charge in [0.25, 0.3) is 5.91 Å². The number of nitrogens with one attached hydrogen (secondary N) is 1. The third-order valence-corrected chi connectivity index (χ3v) is 2.42. The molecule has 0 spiro atoms. The lowest BCUT2D eigenvalue weighted by atomic mass is 10.00. The zero-order valence-electron chi connectivity index (χ0n) is 8.77. The Hall–Kier alpha value is -2.50. The van der Waals surface area contributed by atoms with Crippen LogP contribution in [-0.2, 0) is 9.53 Å². The number of imide groups is 1. The first-order chi connectivity index (χ1) is 8.04. The normalized spacial score (nSPS) is 13.0. The number of ether oxygens (including phenoxy) is 1. The van der Waals surface area contributed by atoms with E-state index in [1.54, 1.807) is 6.92 Å². The molecule has 6 nitrogen and oxygen atoms in total. The van der Waals surface area contributed by atoms with Gasteiger partial charge in [0.15, 0.2) is 0 Å². The van der Waals surface area contributed by atoms with E-state index in [0.29, 0.717) is 5.56 Å². The van der Waals surface area contributed by atoms with E-state index in [4.69, 9.17) is 0 Å². The Morgan fingerprint density at radius 2 is 1.82 bits per heavy atom. The van der Waals surface area contributed by atoms with E-state index >= 15 is 0 Å². The molecule has 0 saturated carbocycles. The molecule has 17 heavy (non-hydrogen) atoms. The molecule has 0 aliphatic carbocycles. The zero-order valence-corrected chi connectivity index (χ0v) is 8.77. The third kappa shape index (κ3) is 1.69. The number of rotatable bonds is 2. The zero-order chi connectivity index (χ0) is 12.6. The fourth-order valence-corrected chi connectivity index (χ4v) is 1.62. The van der Waals surface area contributed by atoms with Gasteiger partial charge in [0.2, 0.25) is 6.41 Å². The van der Waals surface area contributed by atoms with Crippen molar-refractivity contribution in [2.45, 2.75) is 6.92 Å². The van der Waals surface area contributed by atoms with E-state index in [2.05, 4.69) is 4.74 Å². The maximum absolute atomic E-state index is 11.5. The molecule has 86 valence electrons. The smallest absolute Gasteiger partial charge is 0.346 e. The van der Waals surface area contributed by atoms with Crippen LogP contribution in [0.25, 0.3) is 0 Å². The molecule has 1 aliphatic rings. The monoisotopic (exact) mass is 233 g/mol. The molecule has 0 aromatic heterocycles. The van der Waals surface area contributed by atoms with Gasteiger partial charge in [0, 0.05) is 5.56 Å². The summed E-state index contributed by atoms with van der Waals surface area (Å²) in [5.41, 5.74) is 0.809. The molecule has 1 aromatic rings. The molecule has 0 radical (unpaired) electrons. The first-order valence-corrected chi connectivity index (χ1v) is 4.70. The molecule has 1 aromatic carbocycles. The quantitative estimate of drug-likeness (QED) is 0.447. The number of aryl methyl sites for hydroxylation is 1. The number of esters is 2. The number of carbonyl (C=O) groups is 4. The number of fused-ring (bicyclic) bond motifs is 1. The largest absolute Gasteiger partial charge is 0.386 e. The number of carbonyl (C=O) groups excluding carboxylic acids is 4. The fraction of sp³-hybridized carbons (Fsp3) is 0.0909. The topological polar surface area (TPSA) is 89.5 Å². The molecule has 6 heteroatoms. The Labute approximate surface area is 95.6 Å². The van der Waals surface area contributed by atoms with Gasteiger partial charge in [-0.15, -0.1) is 0 Å². The van der Waals surface area contributed by atoms with Crippen molar-refractivity contribution in [2.24, 2.45) is 0 Å². The minimum Gasteiger partial charge on any atom is -0.386 e. The predicted molar refractivity (Wildman–Crippen MR) is 54.5 cm³/mol. The molecule has 0 unspecified atom stereocenters. The number of hydrogen-bond acceptors (Lipinski definition) is 5. The molecule has 0 fully saturated rings. The van der Waals surface area contributed by atoms with Crippen LogP contribution in [0.3, 0.4) is 0 Å². The van der Waals surface area contributed by atoms with Gasteiger partial charge in [-0.25, -0.2) is 9.59 Å². The standard InChI is InChI=1S/C11H7NO5/c1-5-2-7-8(11(16)17-10(7)15)3-6(5)9(14)12-4-13/h2-4H,1H3,(H,12,13,14). The van der Waals surface area contributed by atoms with Crippen LogP contribution in [0.15, 0.2) is 12.1 Å². The SMILES string of the molecule is Cc1cc2c(cc1C(=O)NC=O)C(=O)OC2=O. The number of benzene rings is 1. The second-order valence-electron chi connectivity index (χ2n) is 3.48. The lowest BCUT2D eigenvalue weighted by molar-refractivity contribution is -0.108. The van der Waals surface area contributed by atoms with E-state index in [1.165, 1.54) is 12.1 Å². The second-order valence-corrected chi connectivity index (χ2v) is 3.48. The minimum atomic E-state index is -0.787. The van der Waals surface area contributed by atoms with Crippen molar-refractivity contribution in [1.82, 2.24) is 5.32 Å². The van der Waals surface area contributed by atoms with Gasteiger partial charge in [-0.1, -0.05) is 0 Å². The van der Waals surface area contributed by atoms with Crippen LogP contribution in [0.5, 0.6) is 0 Å². The molecule has 2 amide bonds. The molecule has 1 heterocycles. The van der Waals surface area contributed by atoms with E-state index < -0.39 is 17.8 Å². The molecule has 0 saturated heterocycles. The van der Waals surface area contributed by atoms with E-state index in [1.807, 2.05) is 5.32 Å². The average Bonchev–Trinajstić information content (AvgIpc) is 2.53. The Kier molecular flexibility index (Phi) is 2.47. The van der Waals surface area contributed by atoms with Crippen molar-refractivity contribution in [3.05, 3.63) is 34.4 Å². The Balaban J connectivity index is 2.55. The van der Waals surface area contributed by atoms with Gasteiger partial charge >= 0.3 is 11.9 Å². The van der Waals surface area contributed by atoms with Gasteiger partial charge in [-0.05, 0) is 24.6 Å². The third-order valence-electron chi connectivity index (χ3n) is 2.42. The maximum atomic E-state index is 11.5. The van der Waals surface area contributed by atoms with Crippen LogP contribution in [0, 0.1) is 6.92 Å². The highest BCUT2D eigenvalue weighted by molar-refractivity contribution is 6.16. The van der Waals surface area contributed by atoms with Gasteiger partial charge < -0.3 is 4.74 Å². The Bertz CT molecular complexity index is 561. The van der Waals surface area contributed by atoms with Crippen molar-refractivity contribution in [3.63, 3.8) is 0 Å².